The summed E-state index contributed by atoms with van der Waals surface area (Å²) in [4.78, 5) is 12.2. The summed E-state index contributed by atoms with van der Waals surface area (Å²) in [6, 6.07) is -0.350. The molecule has 6 nitrogen and oxygen atoms in total. The van der Waals surface area contributed by atoms with Crippen LogP contribution in [0.25, 0.3) is 0 Å². The third-order valence-corrected chi connectivity index (χ3v) is 4.79. The molecule has 0 saturated carbocycles. The molecule has 0 fully saturated rings. The van der Waals surface area contributed by atoms with Gasteiger partial charge in [0.15, 0.2) is 0 Å². The molecule has 0 saturated heterocycles. The van der Waals surface area contributed by atoms with Crippen molar-refractivity contribution in [1.29, 1.82) is 0 Å². The van der Waals surface area contributed by atoms with E-state index in [2.05, 4.69) is 22.1 Å². The maximum absolute atomic E-state index is 14.9. The molecule has 1 rings (SSSR count). The normalized spacial score (nSPS) is 14.9. The van der Waals surface area contributed by atoms with Crippen molar-refractivity contribution in [3.63, 3.8) is 0 Å². The minimum absolute atomic E-state index is 0.0960. The lowest BCUT2D eigenvalue weighted by Gasteiger charge is -2.15. The molecule has 0 aromatic carbocycles. The maximum atomic E-state index is 14.9. The molecule has 150 valence electrons. The predicted octanol–water partition coefficient (Wildman–Crippen LogP) is 3.76. The number of aryl methyl sites for hydroxylation is 1. The fourth-order valence-corrected chi connectivity index (χ4v) is 3.19. The zero-order valence-electron chi connectivity index (χ0n) is 14.9. The highest BCUT2D eigenvalue weighted by Gasteiger charge is 2.35. The van der Waals surface area contributed by atoms with E-state index in [1.807, 2.05) is 0 Å². The lowest BCUT2D eigenvalue weighted by atomic mass is 10.0. The molecule has 0 spiro atoms. The number of carbonyl (C=O) groups is 1. The molecule has 1 unspecified atom stereocenters. The molecule has 1 amide bonds. The fourth-order valence-electron chi connectivity index (χ4n) is 1.92. The topological polar surface area (TPSA) is 85.1 Å². The number of hydrogen-bond acceptors (Lipinski definition) is 5. The fraction of sp³-hybridized carbons (Fsp3) is 0.438. The van der Waals surface area contributed by atoms with Crippen molar-refractivity contribution in [3.05, 3.63) is 41.1 Å². The Morgan fingerprint density at radius 1 is 1.37 bits per heavy atom. The van der Waals surface area contributed by atoms with Crippen LogP contribution < -0.4 is 5.32 Å². The van der Waals surface area contributed by atoms with Gasteiger partial charge in [-0.1, -0.05) is 24.7 Å². The van der Waals surface area contributed by atoms with Gasteiger partial charge in [-0.25, -0.2) is 4.39 Å². The summed E-state index contributed by atoms with van der Waals surface area (Å²) in [5.74, 6) is -3.05. The molecule has 1 N–H and O–H groups in total. The van der Waals surface area contributed by atoms with Crippen LogP contribution in [0.15, 0.2) is 39.6 Å². The van der Waals surface area contributed by atoms with Crippen molar-refractivity contribution in [2.75, 3.05) is 16.8 Å². The van der Waals surface area contributed by atoms with Crippen molar-refractivity contribution in [3.8, 4) is 0 Å². The lowest BCUT2D eigenvalue weighted by molar-refractivity contribution is -0.112. The molecule has 0 radical (unpaired) electrons. The molecule has 0 aliphatic carbocycles. The first-order chi connectivity index (χ1) is 12.5. The van der Waals surface area contributed by atoms with E-state index in [9.17, 15) is 26.6 Å². The standard InChI is InChI=1S/C16H19F4N3O3S/c1-5-7-27(25)8-12(9(3)16(18,19)20)13(17)11(6-2)14(24)21-15-23-22-10(4)26-15/h6H,2,5,7-8H2,1,3-4H3,(H,21,23,24)/b12-9+,13-11-. The summed E-state index contributed by atoms with van der Waals surface area (Å²) in [5, 5.41) is 9.02. The summed E-state index contributed by atoms with van der Waals surface area (Å²) in [5.41, 5.74) is -2.90. The van der Waals surface area contributed by atoms with E-state index >= 15 is 0 Å². The Kier molecular flexibility index (Phi) is 8.07. The smallest absolute Gasteiger partial charge is 0.408 e. The van der Waals surface area contributed by atoms with Crippen LogP contribution in [0.5, 0.6) is 0 Å². The summed E-state index contributed by atoms with van der Waals surface area (Å²) in [6.07, 6.45) is -3.64. The number of nitrogens with one attached hydrogen (secondary N) is 1. The Balaban J connectivity index is 3.35. The van der Waals surface area contributed by atoms with Crippen LogP contribution in [-0.2, 0) is 15.6 Å². The van der Waals surface area contributed by atoms with Gasteiger partial charge >= 0.3 is 12.2 Å². The van der Waals surface area contributed by atoms with Crippen LogP contribution in [0, 0.1) is 6.92 Å². The van der Waals surface area contributed by atoms with Gasteiger partial charge in [0.05, 0.1) is 11.3 Å². The Hall–Kier alpha value is -2.30. The minimum atomic E-state index is -4.85. The average molecular weight is 409 g/mol. The Morgan fingerprint density at radius 2 is 2.00 bits per heavy atom. The largest absolute Gasteiger partial charge is 0.412 e. The number of anilines is 1. The van der Waals surface area contributed by atoms with E-state index in [4.69, 9.17) is 4.42 Å². The molecule has 1 aromatic heterocycles. The number of allylic oxidation sites excluding steroid dienone is 2. The van der Waals surface area contributed by atoms with Crippen molar-refractivity contribution in [1.82, 2.24) is 10.2 Å². The van der Waals surface area contributed by atoms with Crippen molar-refractivity contribution >= 4 is 22.7 Å². The first-order valence-electron chi connectivity index (χ1n) is 7.77. The first-order valence-corrected chi connectivity index (χ1v) is 9.26. The van der Waals surface area contributed by atoms with Crippen LogP contribution in [0.4, 0.5) is 23.6 Å². The molecule has 0 aliphatic rings. The summed E-state index contributed by atoms with van der Waals surface area (Å²) in [7, 11) is -1.73. The Labute approximate surface area is 155 Å². The van der Waals surface area contributed by atoms with Gasteiger partial charge in [-0.15, -0.1) is 5.10 Å². The van der Waals surface area contributed by atoms with Gasteiger partial charge in [-0.3, -0.25) is 14.3 Å². The van der Waals surface area contributed by atoms with Crippen LogP contribution in [0.2, 0.25) is 0 Å². The SMILES string of the molecule is C=C/C(C(=O)Nc1nnc(C)o1)=C(F)\C(CS(=O)CCC)=C(/C)C(F)(F)F. The van der Waals surface area contributed by atoms with Crippen molar-refractivity contribution < 1.29 is 31.0 Å². The van der Waals surface area contributed by atoms with Crippen LogP contribution in [-0.4, -0.2) is 38.0 Å². The van der Waals surface area contributed by atoms with E-state index in [0.717, 1.165) is 6.08 Å². The molecule has 1 aromatic rings. The first kappa shape index (κ1) is 22.7. The van der Waals surface area contributed by atoms with Gasteiger partial charge < -0.3 is 4.42 Å². The number of hydrogen-bond donors (Lipinski definition) is 1. The van der Waals surface area contributed by atoms with E-state index in [-0.39, 0.29) is 17.7 Å². The number of amides is 1. The van der Waals surface area contributed by atoms with Crippen LogP contribution >= 0.6 is 0 Å². The highest BCUT2D eigenvalue weighted by molar-refractivity contribution is 7.85. The van der Waals surface area contributed by atoms with E-state index < -0.39 is 51.2 Å². The second-order valence-electron chi connectivity index (χ2n) is 5.40. The van der Waals surface area contributed by atoms with E-state index in [1.165, 1.54) is 6.92 Å². The van der Waals surface area contributed by atoms with Crippen LogP contribution in [0.3, 0.4) is 0 Å². The van der Waals surface area contributed by atoms with Gasteiger partial charge in [0.2, 0.25) is 5.89 Å². The number of halogens is 4. The average Bonchev–Trinajstić information content (AvgIpc) is 2.96. The molecular weight excluding hydrogens is 390 g/mol. The zero-order valence-corrected chi connectivity index (χ0v) is 15.8. The molecule has 11 heteroatoms. The summed E-state index contributed by atoms with van der Waals surface area (Å²) < 4.78 is 71.0. The monoisotopic (exact) mass is 409 g/mol. The third kappa shape index (κ3) is 6.42. The number of aromatic nitrogens is 2. The molecule has 27 heavy (non-hydrogen) atoms. The van der Waals surface area contributed by atoms with Crippen LogP contribution in [0.1, 0.15) is 26.2 Å². The maximum Gasteiger partial charge on any atom is 0.412 e. The highest BCUT2D eigenvalue weighted by atomic mass is 32.2. The molecular formula is C16H19F4N3O3S. The van der Waals surface area contributed by atoms with Gasteiger partial charge in [-0.2, -0.15) is 13.2 Å². The summed E-state index contributed by atoms with van der Waals surface area (Å²) >= 11 is 0. The quantitative estimate of drug-likeness (QED) is 0.401. The second kappa shape index (κ2) is 9.58. The third-order valence-electron chi connectivity index (χ3n) is 3.31. The van der Waals surface area contributed by atoms with Crippen molar-refractivity contribution in [2.24, 2.45) is 0 Å². The van der Waals surface area contributed by atoms with E-state index in [1.54, 1.807) is 6.92 Å². The van der Waals surface area contributed by atoms with Gasteiger partial charge in [0.25, 0.3) is 5.91 Å². The van der Waals surface area contributed by atoms with E-state index in [0.29, 0.717) is 13.3 Å². The Bertz CT molecular complexity index is 797. The number of rotatable bonds is 8. The second-order valence-corrected chi connectivity index (χ2v) is 6.98. The minimum Gasteiger partial charge on any atom is -0.408 e. The van der Waals surface area contributed by atoms with Gasteiger partial charge in [0.1, 0.15) is 5.83 Å². The predicted molar refractivity (Wildman–Crippen MR) is 92.9 cm³/mol. The Morgan fingerprint density at radius 3 is 2.44 bits per heavy atom. The molecule has 1 heterocycles. The van der Waals surface area contributed by atoms with Gasteiger partial charge in [0, 0.05) is 34.6 Å². The van der Waals surface area contributed by atoms with Gasteiger partial charge in [-0.05, 0) is 13.3 Å². The number of nitrogens with zero attached hydrogens (tertiary/aromatic N) is 2. The molecule has 0 bridgehead atoms. The number of alkyl halides is 3. The number of carbonyl (C=O) groups excluding carboxylic acids is 1. The zero-order chi connectivity index (χ0) is 20.8. The molecule has 1 atom stereocenters. The summed E-state index contributed by atoms with van der Waals surface area (Å²) in [6.45, 7) is 7.07. The van der Waals surface area contributed by atoms with Crippen molar-refractivity contribution in [2.45, 2.75) is 33.4 Å². The molecule has 0 aliphatic heterocycles. The highest BCUT2D eigenvalue weighted by Crippen LogP contribution is 2.33. The lowest BCUT2D eigenvalue weighted by Crippen LogP contribution is -2.19.